The molecule has 0 bridgehead atoms. The Hall–Kier alpha value is -1.88. The van der Waals surface area contributed by atoms with Crippen LogP contribution in [-0.4, -0.2) is 23.3 Å². The Morgan fingerprint density at radius 1 is 1.60 bits per heavy atom. The number of fused-ring (bicyclic) bond motifs is 1. The van der Waals surface area contributed by atoms with Gasteiger partial charge in [0.25, 0.3) is 0 Å². The molecule has 0 spiro atoms. The Balaban J connectivity index is 2.51. The monoisotopic (exact) mass is 205 g/mol. The van der Waals surface area contributed by atoms with Crippen LogP contribution in [0.3, 0.4) is 0 Å². The summed E-state index contributed by atoms with van der Waals surface area (Å²) in [7, 11) is 1.31. The molecule has 2 rings (SSSR count). The van der Waals surface area contributed by atoms with E-state index in [-0.39, 0.29) is 0 Å². The van der Waals surface area contributed by atoms with E-state index in [1.165, 1.54) is 7.11 Å². The molecule has 15 heavy (non-hydrogen) atoms. The van der Waals surface area contributed by atoms with Gasteiger partial charge in [0, 0.05) is 10.9 Å². The molecule has 0 amide bonds. The van der Waals surface area contributed by atoms with Crippen molar-refractivity contribution in [2.45, 2.75) is 6.04 Å². The van der Waals surface area contributed by atoms with Crippen molar-refractivity contribution < 1.29 is 9.53 Å². The van der Waals surface area contributed by atoms with Gasteiger partial charge in [-0.1, -0.05) is 18.2 Å². The summed E-state index contributed by atoms with van der Waals surface area (Å²) in [5.74, 6) is -0.461. The summed E-state index contributed by atoms with van der Waals surface area (Å²) < 4.78 is 4.59. The molecule has 5 nitrogen and oxygen atoms in total. The highest BCUT2D eigenvalue weighted by atomic mass is 16.5. The van der Waals surface area contributed by atoms with Crippen LogP contribution in [0, 0.1) is 0 Å². The molecular weight excluding hydrogens is 194 g/mol. The van der Waals surface area contributed by atoms with E-state index in [0.29, 0.717) is 5.56 Å². The van der Waals surface area contributed by atoms with Gasteiger partial charge in [-0.05, 0) is 0 Å². The minimum absolute atomic E-state index is 0.461. The maximum atomic E-state index is 11.3. The zero-order valence-corrected chi connectivity index (χ0v) is 8.23. The van der Waals surface area contributed by atoms with Gasteiger partial charge in [-0.15, -0.1) is 0 Å². The molecule has 3 N–H and O–H groups in total. The van der Waals surface area contributed by atoms with Crippen molar-refractivity contribution in [3.05, 3.63) is 30.0 Å². The molecule has 0 fully saturated rings. The lowest BCUT2D eigenvalue weighted by molar-refractivity contribution is -0.142. The fourth-order valence-corrected chi connectivity index (χ4v) is 1.50. The van der Waals surface area contributed by atoms with Crippen molar-refractivity contribution in [3.8, 4) is 0 Å². The number of hydrogen-bond donors (Lipinski definition) is 2. The number of H-pyrrole nitrogens is 1. The van der Waals surface area contributed by atoms with E-state index in [2.05, 4.69) is 14.9 Å². The third kappa shape index (κ3) is 1.57. The van der Waals surface area contributed by atoms with Crippen molar-refractivity contribution in [3.63, 3.8) is 0 Å². The van der Waals surface area contributed by atoms with Crippen LogP contribution >= 0.6 is 0 Å². The maximum absolute atomic E-state index is 11.3. The predicted molar refractivity (Wildman–Crippen MR) is 55.0 cm³/mol. The predicted octanol–water partition coefficient (Wildman–Crippen LogP) is 0.736. The van der Waals surface area contributed by atoms with E-state index in [4.69, 9.17) is 5.73 Å². The number of carbonyl (C=O) groups is 1. The van der Waals surface area contributed by atoms with Gasteiger partial charge in [0.1, 0.15) is 6.04 Å². The lowest BCUT2D eigenvalue weighted by atomic mass is 10.1. The number of nitrogens with zero attached hydrogens (tertiary/aromatic N) is 1. The fourth-order valence-electron chi connectivity index (χ4n) is 1.50. The molecule has 0 saturated carbocycles. The number of rotatable bonds is 2. The first-order valence-electron chi connectivity index (χ1n) is 4.49. The van der Waals surface area contributed by atoms with E-state index in [1.807, 2.05) is 12.1 Å². The molecule has 0 radical (unpaired) electrons. The molecule has 0 aliphatic carbocycles. The van der Waals surface area contributed by atoms with Crippen LogP contribution in [-0.2, 0) is 9.53 Å². The molecule has 1 heterocycles. The van der Waals surface area contributed by atoms with E-state index >= 15 is 0 Å². The summed E-state index contributed by atoms with van der Waals surface area (Å²) in [4.78, 5) is 11.3. The summed E-state index contributed by atoms with van der Waals surface area (Å²) in [5, 5.41) is 7.63. The number of aromatic amines is 1. The van der Waals surface area contributed by atoms with E-state index in [9.17, 15) is 4.79 Å². The molecule has 1 aromatic heterocycles. The summed E-state index contributed by atoms with van der Waals surface area (Å²) in [6.07, 6.45) is 1.68. The first-order chi connectivity index (χ1) is 7.24. The lowest BCUT2D eigenvalue weighted by Gasteiger charge is -2.09. The Kier molecular flexibility index (Phi) is 2.39. The van der Waals surface area contributed by atoms with Gasteiger partial charge in [0.15, 0.2) is 0 Å². The number of carbonyl (C=O) groups excluding carboxylic acids is 1. The van der Waals surface area contributed by atoms with Gasteiger partial charge >= 0.3 is 5.97 Å². The Labute approximate surface area is 86.2 Å². The first-order valence-corrected chi connectivity index (χ1v) is 4.49. The standard InChI is InChI=1S/C10H11N3O2/c1-15-10(14)8(11)7-4-2-3-6-5-12-13-9(6)7/h2-5,8H,11H2,1H3,(H,12,13). The molecule has 1 atom stereocenters. The number of esters is 1. The number of nitrogens with one attached hydrogen (secondary N) is 1. The molecule has 1 aromatic carbocycles. The number of methoxy groups -OCH3 is 1. The number of para-hydroxylation sites is 1. The van der Waals surface area contributed by atoms with E-state index in [0.717, 1.165) is 10.9 Å². The van der Waals surface area contributed by atoms with Gasteiger partial charge in [0.05, 0.1) is 18.8 Å². The minimum Gasteiger partial charge on any atom is -0.468 e. The van der Waals surface area contributed by atoms with Crippen LogP contribution in [0.2, 0.25) is 0 Å². The van der Waals surface area contributed by atoms with E-state index < -0.39 is 12.0 Å². The average Bonchev–Trinajstić information content (AvgIpc) is 2.74. The molecule has 1 unspecified atom stereocenters. The molecule has 5 heteroatoms. The minimum atomic E-state index is -0.779. The van der Waals surface area contributed by atoms with Crippen LogP contribution in [0.25, 0.3) is 10.9 Å². The SMILES string of the molecule is COC(=O)C(N)c1cccc2cn[nH]c12. The Bertz CT molecular complexity index is 492. The van der Waals surface area contributed by atoms with Gasteiger partial charge in [-0.2, -0.15) is 5.10 Å². The number of aromatic nitrogens is 2. The Morgan fingerprint density at radius 3 is 3.13 bits per heavy atom. The van der Waals surface area contributed by atoms with Crippen molar-refractivity contribution in [1.82, 2.24) is 10.2 Å². The number of benzene rings is 1. The summed E-state index contributed by atoms with van der Waals surface area (Å²) in [6.45, 7) is 0. The highest BCUT2D eigenvalue weighted by Crippen LogP contribution is 2.21. The number of nitrogens with two attached hydrogens (primary N) is 1. The number of ether oxygens (including phenoxy) is 1. The van der Waals surface area contributed by atoms with Gasteiger partial charge < -0.3 is 10.5 Å². The quantitative estimate of drug-likeness (QED) is 0.708. The number of hydrogen-bond acceptors (Lipinski definition) is 4. The van der Waals surface area contributed by atoms with Crippen LogP contribution in [0.1, 0.15) is 11.6 Å². The first kappa shape index (κ1) is 9.67. The Morgan fingerprint density at radius 2 is 2.40 bits per heavy atom. The zero-order valence-electron chi connectivity index (χ0n) is 8.23. The smallest absolute Gasteiger partial charge is 0.327 e. The second-order valence-electron chi connectivity index (χ2n) is 3.18. The summed E-state index contributed by atoms with van der Waals surface area (Å²) >= 11 is 0. The highest BCUT2D eigenvalue weighted by Gasteiger charge is 2.18. The maximum Gasteiger partial charge on any atom is 0.327 e. The average molecular weight is 205 g/mol. The molecule has 2 aromatic rings. The van der Waals surface area contributed by atoms with Crippen molar-refractivity contribution in [2.24, 2.45) is 5.73 Å². The molecule has 78 valence electrons. The molecule has 0 aliphatic heterocycles. The zero-order chi connectivity index (χ0) is 10.8. The van der Waals surface area contributed by atoms with E-state index in [1.54, 1.807) is 12.3 Å². The summed E-state index contributed by atoms with van der Waals surface area (Å²) in [6, 6.07) is 4.73. The van der Waals surface area contributed by atoms with Crippen LogP contribution in [0.15, 0.2) is 24.4 Å². The fraction of sp³-hybridized carbons (Fsp3) is 0.200. The lowest BCUT2D eigenvalue weighted by Crippen LogP contribution is -2.22. The third-order valence-corrected chi connectivity index (χ3v) is 2.30. The van der Waals surface area contributed by atoms with Crippen molar-refractivity contribution in [1.29, 1.82) is 0 Å². The normalized spacial score (nSPS) is 12.7. The van der Waals surface area contributed by atoms with Crippen molar-refractivity contribution >= 4 is 16.9 Å². The largest absolute Gasteiger partial charge is 0.468 e. The van der Waals surface area contributed by atoms with Crippen LogP contribution < -0.4 is 5.73 Å². The van der Waals surface area contributed by atoms with Crippen LogP contribution in [0.5, 0.6) is 0 Å². The topological polar surface area (TPSA) is 81.0 Å². The molecule has 0 aliphatic rings. The second-order valence-corrected chi connectivity index (χ2v) is 3.18. The highest BCUT2D eigenvalue weighted by molar-refractivity contribution is 5.87. The molecular formula is C10H11N3O2. The van der Waals surface area contributed by atoms with Crippen molar-refractivity contribution in [2.75, 3.05) is 7.11 Å². The second kappa shape index (κ2) is 3.70. The summed E-state index contributed by atoms with van der Waals surface area (Å²) in [5.41, 5.74) is 7.22. The van der Waals surface area contributed by atoms with Crippen LogP contribution in [0.4, 0.5) is 0 Å². The van der Waals surface area contributed by atoms with Gasteiger partial charge in [-0.25, -0.2) is 0 Å². The molecule has 0 saturated heterocycles. The van der Waals surface area contributed by atoms with Gasteiger partial charge in [-0.3, -0.25) is 9.89 Å². The van der Waals surface area contributed by atoms with Gasteiger partial charge in [0.2, 0.25) is 0 Å². The third-order valence-electron chi connectivity index (χ3n) is 2.30.